The Morgan fingerprint density at radius 3 is 3.00 bits per heavy atom. The normalized spacial score (nSPS) is 10.7. The van der Waals surface area contributed by atoms with E-state index < -0.39 is 0 Å². The number of halogens is 2. The van der Waals surface area contributed by atoms with E-state index in [-0.39, 0.29) is 5.35 Å². The highest BCUT2D eigenvalue weighted by molar-refractivity contribution is 9.10. The van der Waals surface area contributed by atoms with Gasteiger partial charge in [0, 0.05) is 0 Å². The zero-order valence-electron chi connectivity index (χ0n) is 5.34. The lowest BCUT2D eigenvalue weighted by atomic mass is 10.3. The van der Waals surface area contributed by atoms with Crippen LogP contribution in [0.4, 0.5) is 0 Å². The highest BCUT2D eigenvalue weighted by Gasteiger charge is 2.04. The molecule has 1 aromatic heterocycles. The van der Waals surface area contributed by atoms with Crippen LogP contribution in [0.15, 0.2) is 27.1 Å². The van der Waals surface area contributed by atoms with E-state index in [4.69, 9.17) is 16.0 Å². The van der Waals surface area contributed by atoms with E-state index in [0.717, 1.165) is 9.99 Å². The Morgan fingerprint density at radius 2 is 2.27 bits per heavy atom. The molecule has 0 spiro atoms. The van der Waals surface area contributed by atoms with Crippen LogP contribution >= 0.6 is 27.5 Å². The second-order valence-corrected chi connectivity index (χ2v) is 3.23. The number of rotatable bonds is 0. The van der Waals surface area contributed by atoms with Crippen LogP contribution in [0.2, 0.25) is 5.35 Å². The summed E-state index contributed by atoms with van der Waals surface area (Å²) in [5.41, 5.74) is 1.46. The van der Waals surface area contributed by atoms with Crippen molar-refractivity contribution in [2.45, 2.75) is 0 Å². The number of nitrogens with zero attached hydrogens (tertiary/aromatic N) is 1. The van der Waals surface area contributed by atoms with Crippen molar-refractivity contribution in [1.29, 1.82) is 0 Å². The van der Waals surface area contributed by atoms with E-state index in [1.165, 1.54) is 0 Å². The summed E-state index contributed by atoms with van der Waals surface area (Å²) < 4.78 is 5.98. The first-order valence-corrected chi connectivity index (χ1v) is 4.15. The van der Waals surface area contributed by atoms with Crippen molar-refractivity contribution in [2.24, 2.45) is 0 Å². The molecule has 0 fully saturated rings. The molecule has 0 atom stereocenters. The van der Waals surface area contributed by atoms with Crippen molar-refractivity contribution >= 4 is 38.6 Å². The number of hydrogen-bond acceptors (Lipinski definition) is 2. The second kappa shape index (κ2) is 2.50. The van der Waals surface area contributed by atoms with Crippen molar-refractivity contribution in [1.82, 2.24) is 4.98 Å². The zero-order valence-corrected chi connectivity index (χ0v) is 7.69. The summed E-state index contributed by atoms with van der Waals surface area (Å²) in [5.74, 6) is 0. The van der Waals surface area contributed by atoms with Gasteiger partial charge in [0.15, 0.2) is 5.58 Å². The number of oxazole rings is 1. The van der Waals surface area contributed by atoms with Crippen LogP contribution in [-0.4, -0.2) is 4.98 Å². The average Bonchev–Trinajstić information content (AvgIpc) is 2.31. The van der Waals surface area contributed by atoms with Crippen molar-refractivity contribution in [3.05, 3.63) is 28.0 Å². The van der Waals surface area contributed by atoms with Gasteiger partial charge in [0.05, 0.1) is 4.47 Å². The molecule has 0 aliphatic rings. The fourth-order valence-corrected chi connectivity index (χ4v) is 1.49. The van der Waals surface area contributed by atoms with Crippen LogP contribution in [-0.2, 0) is 0 Å². The Bertz CT molecular complexity index is 398. The Morgan fingerprint density at radius 1 is 1.45 bits per heavy atom. The summed E-state index contributed by atoms with van der Waals surface area (Å²) in [7, 11) is 0. The average molecular weight is 232 g/mol. The molecule has 11 heavy (non-hydrogen) atoms. The summed E-state index contributed by atoms with van der Waals surface area (Å²) in [4.78, 5) is 3.94. The van der Waals surface area contributed by atoms with E-state index in [9.17, 15) is 0 Å². The summed E-state index contributed by atoms with van der Waals surface area (Å²) in [6, 6.07) is 5.60. The molecule has 0 radical (unpaired) electrons. The van der Waals surface area contributed by atoms with Crippen LogP contribution in [0.1, 0.15) is 0 Å². The quantitative estimate of drug-likeness (QED) is 0.697. The Hall–Kier alpha value is -0.540. The first kappa shape index (κ1) is 7.13. The van der Waals surface area contributed by atoms with Gasteiger partial charge < -0.3 is 4.42 Å². The number of hydrogen-bond donors (Lipinski definition) is 0. The van der Waals surface area contributed by atoms with Crippen LogP contribution in [0.25, 0.3) is 11.1 Å². The van der Waals surface area contributed by atoms with Gasteiger partial charge in [0.2, 0.25) is 0 Å². The SMILES string of the molecule is Clc1nc2cccc(Br)c2o1. The molecule has 0 aliphatic heterocycles. The maximum Gasteiger partial charge on any atom is 0.293 e. The van der Waals surface area contributed by atoms with Gasteiger partial charge in [0.25, 0.3) is 5.35 Å². The predicted molar refractivity (Wildman–Crippen MR) is 46.7 cm³/mol. The molecular formula is C7H3BrClNO. The first-order valence-electron chi connectivity index (χ1n) is 2.98. The molecule has 0 bridgehead atoms. The van der Waals surface area contributed by atoms with Crippen molar-refractivity contribution < 1.29 is 4.42 Å². The van der Waals surface area contributed by atoms with E-state index >= 15 is 0 Å². The monoisotopic (exact) mass is 231 g/mol. The smallest absolute Gasteiger partial charge is 0.293 e. The van der Waals surface area contributed by atoms with Gasteiger partial charge >= 0.3 is 0 Å². The van der Waals surface area contributed by atoms with Gasteiger partial charge in [-0.05, 0) is 39.7 Å². The van der Waals surface area contributed by atoms with Gasteiger partial charge in [-0.3, -0.25) is 0 Å². The molecule has 0 saturated heterocycles. The third-order valence-electron chi connectivity index (χ3n) is 1.34. The van der Waals surface area contributed by atoms with Gasteiger partial charge in [-0.1, -0.05) is 6.07 Å². The maximum atomic E-state index is 5.56. The van der Waals surface area contributed by atoms with Crippen LogP contribution in [0.3, 0.4) is 0 Å². The lowest BCUT2D eigenvalue weighted by Gasteiger charge is -1.87. The molecule has 1 heterocycles. The predicted octanol–water partition coefficient (Wildman–Crippen LogP) is 3.24. The minimum atomic E-state index is 0.173. The standard InChI is InChI=1S/C7H3BrClNO/c8-4-2-1-3-5-6(4)11-7(9)10-5/h1-3H. The number of aromatic nitrogens is 1. The highest BCUT2D eigenvalue weighted by Crippen LogP contribution is 2.25. The third kappa shape index (κ3) is 1.14. The summed E-state index contributed by atoms with van der Waals surface area (Å²) in [5, 5.41) is 0.173. The molecule has 0 amide bonds. The number of para-hydroxylation sites is 1. The van der Waals surface area contributed by atoms with Crippen LogP contribution in [0, 0.1) is 0 Å². The van der Waals surface area contributed by atoms with E-state index in [2.05, 4.69) is 20.9 Å². The topological polar surface area (TPSA) is 26.0 Å². The molecular weight excluding hydrogens is 229 g/mol. The molecule has 2 nitrogen and oxygen atoms in total. The second-order valence-electron chi connectivity index (χ2n) is 2.05. The Balaban J connectivity index is 2.90. The fraction of sp³-hybridized carbons (Fsp3) is 0. The van der Waals surface area contributed by atoms with E-state index in [1.54, 1.807) is 0 Å². The fourth-order valence-electron chi connectivity index (χ4n) is 0.888. The molecule has 1 aromatic carbocycles. The van der Waals surface area contributed by atoms with E-state index in [1.807, 2.05) is 18.2 Å². The minimum absolute atomic E-state index is 0.173. The van der Waals surface area contributed by atoms with Crippen molar-refractivity contribution in [3.63, 3.8) is 0 Å². The van der Waals surface area contributed by atoms with Gasteiger partial charge in [-0.25, -0.2) is 0 Å². The number of benzene rings is 1. The largest absolute Gasteiger partial charge is 0.426 e. The molecule has 4 heteroatoms. The molecule has 56 valence electrons. The highest BCUT2D eigenvalue weighted by atomic mass is 79.9. The molecule has 0 N–H and O–H groups in total. The number of fused-ring (bicyclic) bond motifs is 1. The lowest BCUT2D eigenvalue weighted by Crippen LogP contribution is -1.66. The minimum Gasteiger partial charge on any atom is -0.426 e. The van der Waals surface area contributed by atoms with Crippen LogP contribution < -0.4 is 0 Å². The lowest BCUT2D eigenvalue weighted by molar-refractivity contribution is 0.603. The van der Waals surface area contributed by atoms with Crippen molar-refractivity contribution in [3.8, 4) is 0 Å². The first-order chi connectivity index (χ1) is 5.27. The van der Waals surface area contributed by atoms with E-state index in [0.29, 0.717) is 5.58 Å². The van der Waals surface area contributed by atoms with Gasteiger partial charge in [-0.2, -0.15) is 4.98 Å². The summed E-state index contributed by atoms with van der Waals surface area (Å²) in [6.45, 7) is 0. The molecule has 0 aliphatic carbocycles. The molecule has 0 unspecified atom stereocenters. The zero-order chi connectivity index (χ0) is 7.84. The Kier molecular flexibility index (Phi) is 1.62. The summed E-state index contributed by atoms with van der Waals surface area (Å²) >= 11 is 8.87. The maximum absolute atomic E-state index is 5.56. The molecule has 0 saturated carbocycles. The van der Waals surface area contributed by atoms with Crippen LogP contribution in [0.5, 0.6) is 0 Å². The van der Waals surface area contributed by atoms with Gasteiger partial charge in [0.1, 0.15) is 5.52 Å². The van der Waals surface area contributed by atoms with Gasteiger partial charge in [-0.15, -0.1) is 0 Å². The molecule has 2 aromatic rings. The van der Waals surface area contributed by atoms with Crippen molar-refractivity contribution in [2.75, 3.05) is 0 Å². The molecule has 2 rings (SSSR count). The Labute approximate surface area is 76.3 Å². The summed E-state index contributed by atoms with van der Waals surface area (Å²) in [6.07, 6.45) is 0. The third-order valence-corrected chi connectivity index (χ3v) is 2.13.